The molecule has 3 N–H and O–H groups in total. The molecule has 1 heterocycles. The summed E-state index contributed by atoms with van der Waals surface area (Å²) in [5, 5.41) is 3.08. The highest BCUT2D eigenvalue weighted by Gasteiger charge is 2.06. The number of nitrogens with two attached hydrogens (primary N) is 1. The number of esters is 1. The standard InChI is InChI=1S/C12H11ClN4O2/c1-19-11(18)7-2-4-8(5-3-7)16-10-9(14)6-15-12(13)17-10/h2-6H,14H2,1H3,(H,15,16,17). The fraction of sp³-hybridized carbons (Fsp3) is 0.0833. The van der Waals surface area contributed by atoms with Gasteiger partial charge in [0.25, 0.3) is 0 Å². The molecule has 0 saturated heterocycles. The van der Waals surface area contributed by atoms with Crippen molar-refractivity contribution < 1.29 is 9.53 Å². The highest BCUT2D eigenvalue weighted by atomic mass is 35.5. The van der Waals surface area contributed by atoms with Crippen LogP contribution in [0.5, 0.6) is 0 Å². The van der Waals surface area contributed by atoms with E-state index in [2.05, 4.69) is 20.0 Å². The van der Waals surface area contributed by atoms with Crippen molar-refractivity contribution in [3.63, 3.8) is 0 Å². The van der Waals surface area contributed by atoms with Crippen molar-refractivity contribution in [3.05, 3.63) is 41.3 Å². The fourth-order valence-corrected chi connectivity index (χ4v) is 1.55. The van der Waals surface area contributed by atoms with Crippen LogP contribution in [0, 0.1) is 0 Å². The molecule has 2 aromatic rings. The first-order chi connectivity index (χ1) is 9.10. The minimum atomic E-state index is -0.392. The lowest BCUT2D eigenvalue weighted by atomic mass is 10.2. The van der Waals surface area contributed by atoms with E-state index < -0.39 is 5.97 Å². The number of carbonyl (C=O) groups excluding carboxylic acids is 1. The Bertz CT molecular complexity index is 601. The number of hydrogen-bond acceptors (Lipinski definition) is 6. The third-order valence-electron chi connectivity index (χ3n) is 2.36. The number of hydrogen-bond donors (Lipinski definition) is 2. The van der Waals surface area contributed by atoms with Gasteiger partial charge in [-0.3, -0.25) is 0 Å². The second kappa shape index (κ2) is 5.53. The second-order valence-electron chi connectivity index (χ2n) is 3.64. The maximum Gasteiger partial charge on any atom is 0.337 e. The molecule has 2 rings (SSSR count). The predicted molar refractivity (Wildman–Crippen MR) is 72.5 cm³/mol. The van der Waals surface area contributed by atoms with Crippen molar-refractivity contribution in [2.75, 3.05) is 18.2 Å². The lowest BCUT2D eigenvalue weighted by molar-refractivity contribution is 0.0601. The van der Waals surface area contributed by atoms with Crippen LogP contribution in [0.4, 0.5) is 17.2 Å². The summed E-state index contributed by atoms with van der Waals surface area (Å²) < 4.78 is 4.61. The minimum Gasteiger partial charge on any atom is -0.465 e. The second-order valence-corrected chi connectivity index (χ2v) is 3.97. The summed E-state index contributed by atoms with van der Waals surface area (Å²) in [5.74, 6) is 0.0157. The van der Waals surface area contributed by atoms with E-state index in [0.29, 0.717) is 22.8 Å². The summed E-state index contributed by atoms with van der Waals surface area (Å²) in [6.45, 7) is 0. The predicted octanol–water partition coefficient (Wildman–Crippen LogP) is 2.24. The van der Waals surface area contributed by atoms with Gasteiger partial charge in [-0.15, -0.1) is 0 Å². The fourth-order valence-electron chi connectivity index (χ4n) is 1.41. The Morgan fingerprint density at radius 3 is 2.68 bits per heavy atom. The molecule has 0 aliphatic heterocycles. The van der Waals surface area contributed by atoms with Crippen LogP contribution in [0.2, 0.25) is 5.28 Å². The summed E-state index contributed by atoms with van der Waals surface area (Å²) in [6.07, 6.45) is 1.42. The minimum absolute atomic E-state index is 0.0999. The van der Waals surface area contributed by atoms with Gasteiger partial charge in [-0.05, 0) is 35.9 Å². The maximum absolute atomic E-state index is 11.3. The number of rotatable bonds is 3. The highest BCUT2D eigenvalue weighted by molar-refractivity contribution is 6.28. The summed E-state index contributed by atoms with van der Waals surface area (Å²) >= 11 is 5.69. The van der Waals surface area contributed by atoms with Gasteiger partial charge < -0.3 is 15.8 Å². The number of ether oxygens (including phenoxy) is 1. The number of aromatic nitrogens is 2. The molecule has 7 heteroatoms. The SMILES string of the molecule is COC(=O)c1ccc(Nc2nc(Cl)ncc2N)cc1. The number of anilines is 3. The molecule has 0 bridgehead atoms. The van der Waals surface area contributed by atoms with Gasteiger partial charge in [-0.1, -0.05) is 0 Å². The number of methoxy groups -OCH3 is 1. The van der Waals surface area contributed by atoms with Crippen LogP contribution in [-0.4, -0.2) is 23.0 Å². The molecule has 1 aromatic carbocycles. The Balaban J connectivity index is 2.19. The summed E-state index contributed by atoms with van der Waals surface area (Å²) in [4.78, 5) is 19.0. The molecule has 98 valence electrons. The first kappa shape index (κ1) is 13.1. The molecular weight excluding hydrogens is 268 g/mol. The van der Waals surface area contributed by atoms with Gasteiger partial charge in [-0.25, -0.2) is 9.78 Å². The molecule has 6 nitrogen and oxygen atoms in total. The van der Waals surface area contributed by atoms with Crippen molar-refractivity contribution in [1.29, 1.82) is 0 Å². The van der Waals surface area contributed by atoms with Crippen molar-refractivity contribution in [3.8, 4) is 0 Å². The Morgan fingerprint density at radius 1 is 1.37 bits per heavy atom. The van der Waals surface area contributed by atoms with Crippen LogP contribution in [0.1, 0.15) is 10.4 Å². The van der Waals surface area contributed by atoms with Crippen molar-refractivity contribution in [1.82, 2.24) is 9.97 Å². The lowest BCUT2D eigenvalue weighted by Gasteiger charge is -2.08. The van der Waals surface area contributed by atoms with Crippen molar-refractivity contribution in [2.24, 2.45) is 0 Å². The zero-order chi connectivity index (χ0) is 13.8. The van der Waals surface area contributed by atoms with Crippen LogP contribution in [0.3, 0.4) is 0 Å². The number of benzene rings is 1. The summed E-state index contributed by atoms with van der Waals surface area (Å²) in [6, 6.07) is 6.68. The van der Waals surface area contributed by atoms with Gasteiger partial charge in [0.1, 0.15) is 0 Å². The molecule has 0 radical (unpaired) electrons. The van der Waals surface area contributed by atoms with E-state index in [1.807, 2.05) is 0 Å². The average molecular weight is 279 g/mol. The van der Waals surface area contributed by atoms with Gasteiger partial charge in [0, 0.05) is 5.69 Å². The van der Waals surface area contributed by atoms with Crippen LogP contribution in [0.15, 0.2) is 30.5 Å². The van der Waals surface area contributed by atoms with Gasteiger partial charge in [0.2, 0.25) is 5.28 Å². The van der Waals surface area contributed by atoms with Crippen molar-refractivity contribution >= 4 is 34.8 Å². The number of carbonyl (C=O) groups is 1. The van der Waals surface area contributed by atoms with E-state index in [1.165, 1.54) is 13.3 Å². The zero-order valence-electron chi connectivity index (χ0n) is 10.1. The largest absolute Gasteiger partial charge is 0.465 e. The summed E-state index contributed by atoms with van der Waals surface area (Å²) in [7, 11) is 1.33. The Labute approximate surface area is 114 Å². The molecule has 0 unspecified atom stereocenters. The average Bonchev–Trinajstić information content (AvgIpc) is 2.43. The van der Waals surface area contributed by atoms with Crippen molar-refractivity contribution in [2.45, 2.75) is 0 Å². The topological polar surface area (TPSA) is 90.1 Å². The van der Waals surface area contributed by atoms with Crippen LogP contribution < -0.4 is 11.1 Å². The maximum atomic E-state index is 11.3. The molecule has 0 aliphatic carbocycles. The van der Waals surface area contributed by atoms with Gasteiger partial charge >= 0.3 is 5.97 Å². The molecule has 19 heavy (non-hydrogen) atoms. The monoisotopic (exact) mass is 278 g/mol. The van der Waals surface area contributed by atoms with E-state index in [4.69, 9.17) is 17.3 Å². The Morgan fingerprint density at radius 2 is 2.05 bits per heavy atom. The van der Waals surface area contributed by atoms with Gasteiger partial charge in [0.15, 0.2) is 5.82 Å². The number of nitrogens with zero attached hydrogens (tertiary/aromatic N) is 2. The quantitative estimate of drug-likeness (QED) is 0.661. The molecular formula is C12H11ClN4O2. The molecule has 0 fully saturated rings. The number of halogens is 1. The summed E-state index contributed by atoms with van der Waals surface area (Å²) in [5.41, 5.74) is 7.27. The van der Waals surface area contributed by atoms with E-state index in [9.17, 15) is 4.79 Å². The van der Waals surface area contributed by atoms with E-state index >= 15 is 0 Å². The van der Waals surface area contributed by atoms with Gasteiger partial charge in [0.05, 0.1) is 24.6 Å². The zero-order valence-corrected chi connectivity index (χ0v) is 10.8. The lowest BCUT2D eigenvalue weighted by Crippen LogP contribution is -2.03. The van der Waals surface area contributed by atoms with E-state index in [0.717, 1.165) is 0 Å². The van der Waals surface area contributed by atoms with E-state index in [-0.39, 0.29) is 5.28 Å². The Kier molecular flexibility index (Phi) is 3.82. The molecule has 0 amide bonds. The molecule has 0 spiro atoms. The first-order valence-electron chi connectivity index (χ1n) is 5.33. The van der Waals surface area contributed by atoms with Crippen LogP contribution in [0.25, 0.3) is 0 Å². The molecule has 1 aromatic heterocycles. The molecule has 0 saturated carbocycles. The van der Waals surface area contributed by atoms with Crippen LogP contribution in [-0.2, 0) is 4.74 Å². The molecule has 0 atom stereocenters. The number of nitrogens with one attached hydrogen (secondary N) is 1. The normalized spacial score (nSPS) is 10.0. The highest BCUT2D eigenvalue weighted by Crippen LogP contribution is 2.21. The third-order valence-corrected chi connectivity index (χ3v) is 2.54. The smallest absolute Gasteiger partial charge is 0.337 e. The third kappa shape index (κ3) is 3.11. The first-order valence-corrected chi connectivity index (χ1v) is 5.71. The Hall–Kier alpha value is -2.34. The van der Waals surface area contributed by atoms with Crippen LogP contribution >= 0.6 is 11.6 Å². The van der Waals surface area contributed by atoms with E-state index in [1.54, 1.807) is 24.3 Å². The molecule has 0 aliphatic rings. The van der Waals surface area contributed by atoms with Gasteiger partial charge in [-0.2, -0.15) is 4.98 Å². The number of nitrogen functional groups attached to an aromatic ring is 1.